The monoisotopic (exact) mass is 400 g/mol. The number of hydrazine groups is 1. The molecule has 1 aromatic heterocycles. The quantitative estimate of drug-likeness (QED) is 0.628. The van der Waals surface area contributed by atoms with Gasteiger partial charge in [-0.05, 0) is 35.9 Å². The third-order valence-electron chi connectivity index (χ3n) is 4.88. The third kappa shape index (κ3) is 3.75. The largest absolute Gasteiger partial charge is 0.491 e. The number of nitrogens with zero attached hydrogens (tertiary/aromatic N) is 3. The second-order valence-corrected chi connectivity index (χ2v) is 6.96. The van der Waals surface area contributed by atoms with Crippen LogP contribution in [0.3, 0.4) is 0 Å². The third-order valence-corrected chi connectivity index (χ3v) is 4.88. The van der Waals surface area contributed by atoms with Crippen LogP contribution < -0.4 is 20.9 Å². The fourth-order valence-corrected chi connectivity index (χ4v) is 3.34. The van der Waals surface area contributed by atoms with E-state index in [0.717, 1.165) is 28.5 Å². The number of carbonyl (C=O) groups excluding carboxylic acids is 1. The highest BCUT2D eigenvalue weighted by Gasteiger charge is 2.15. The first-order valence-electron chi connectivity index (χ1n) is 9.71. The second kappa shape index (κ2) is 7.75. The average molecular weight is 400 g/mol. The van der Waals surface area contributed by atoms with Gasteiger partial charge in [-0.25, -0.2) is 9.67 Å². The molecule has 0 unspecified atom stereocenters. The number of amides is 1. The van der Waals surface area contributed by atoms with Gasteiger partial charge in [0.05, 0.1) is 35.8 Å². The number of ether oxygens (including phenoxy) is 1. The number of aliphatic imine (C=N–C) groups is 1. The molecule has 0 bridgehead atoms. The molecule has 30 heavy (non-hydrogen) atoms. The van der Waals surface area contributed by atoms with Crippen molar-refractivity contribution in [1.29, 1.82) is 0 Å². The predicted octanol–water partition coefficient (Wildman–Crippen LogP) is 3.16. The molecule has 0 atom stereocenters. The maximum absolute atomic E-state index is 11.6. The van der Waals surface area contributed by atoms with Crippen LogP contribution in [0.2, 0.25) is 0 Å². The van der Waals surface area contributed by atoms with E-state index in [1.54, 1.807) is 6.20 Å². The number of nitrogens with one attached hydrogen (secondary N) is 3. The Labute approximate surface area is 173 Å². The van der Waals surface area contributed by atoms with Crippen molar-refractivity contribution < 1.29 is 9.53 Å². The summed E-state index contributed by atoms with van der Waals surface area (Å²) in [5, 5.41) is 7.08. The minimum atomic E-state index is -0.0405. The molecule has 0 fully saturated rings. The molecule has 0 aliphatic carbocycles. The lowest BCUT2D eigenvalue weighted by Gasteiger charge is -2.20. The summed E-state index contributed by atoms with van der Waals surface area (Å²) < 4.78 is 7.48. The SMILES string of the molecule is O=C1CCOc2cc(N=C3CC=C(c4ccc(-n5cccn5)cc4)NN3)ccc2N1. The molecule has 3 heterocycles. The van der Waals surface area contributed by atoms with Crippen LogP contribution in [0.1, 0.15) is 18.4 Å². The zero-order chi connectivity index (χ0) is 20.3. The lowest BCUT2D eigenvalue weighted by molar-refractivity contribution is -0.116. The molecule has 2 aliphatic rings. The first-order valence-corrected chi connectivity index (χ1v) is 9.71. The van der Waals surface area contributed by atoms with Crippen molar-refractivity contribution in [2.45, 2.75) is 12.8 Å². The molecule has 0 saturated carbocycles. The minimum absolute atomic E-state index is 0.0405. The lowest BCUT2D eigenvalue weighted by atomic mass is 10.1. The van der Waals surface area contributed by atoms with Gasteiger partial charge in [0.15, 0.2) is 0 Å². The van der Waals surface area contributed by atoms with Gasteiger partial charge >= 0.3 is 0 Å². The number of anilines is 1. The summed E-state index contributed by atoms with van der Waals surface area (Å²) in [5.41, 5.74) is 10.9. The van der Waals surface area contributed by atoms with Gasteiger partial charge in [-0.3, -0.25) is 15.6 Å². The van der Waals surface area contributed by atoms with E-state index in [4.69, 9.17) is 4.74 Å². The Balaban J connectivity index is 1.30. The number of benzene rings is 2. The van der Waals surface area contributed by atoms with Crippen molar-refractivity contribution in [2.75, 3.05) is 11.9 Å². The molecule has 0 radical (unpaired) electrons. The summed E-state index contributed by atoms with van der Waals surface area (Å²) >= 11 is 0. The van der Waals surface area contributed by atoms with E-state index in [0.29, 0.717) is 30.9 Å². The normalized spacial score (nSPS) is 17.0. The summed E-state index contributed by atoms with van der Waals surface area (Å²) in [6.45, 7) is 0.365. The van der Waals surface area contributed by atoms with E-state index < -0.39 is 0 Å². The first-order chi connectivity index (χ1) is 14.7. The van der Waals surface area contributed by atoms with Gasteiger partial charge in [0, 0.05) is 24.9 Å². The number of amidine groups is 1. The average Bonchev–Trinajstić information content (AvgIpc) is 3.24. The van der Waals surface area contributed by atoms with Crippen LogP contribution in [-0.2, 0) is 4.79 Å². The van der Waals surface area contributed by atoms with Crippen LogP contribution in [0, 0.1) is 0 Å². The zero-order valence-corrected chi connectivity index (χ0v) is 16.1. The molecule has 2 aromatic carbocycles. The highest BCUT2D eigenvalue weighted by Crippen LogP contribution is 2.31. The first kappa shape index (κ1) is 18.0. The summed E-state index contributed by atoms with van der Waals surface area (Å²) in [4.78, 5) is 16.3. The highest BCUT2D eigenvalue weighted by molar-refractivity contribution is 5.94. The maximum Gasteiger partial charge on any atom is 0.227 e. The van der Waals surface area contributed by atoms with Gasteiger partial charge in [-0.1, -0.05) is 18.2 Å². The molecular weight excluding hydrogens is 380 g/mol. The van der Waals surface area contributed by atoms with E-state index in [1.807, 2.05) is 47.3 Å². The van der Waals surface area contributed by atoms with Gasteiger partial charge in [0.1, 0.15) is 11.6 Å². The summed E-state index contributed by atoms with van der Waals surface area (Å²) in [7, 11) is 0. The minimum Gasteiger partial charge on any atom is -0.491 e. The van der Waals surface area contributed by atoms with Crippen molar-refractivity contribution >= 4 is 28.8 Å². The van der Waals surface area contributed by atoms with Crippen LogP contribution in [0.4, 0.5) is 11.4 Å². The molecule has 3 N–H and O–H groups in total. The fraction of sp³-hybridized carbons (Fsp3) is 0.136. The highest BCUT2D eigenvalue weighted by atomic mass is 16.5. The van der Waals surface area contributed by atoms with Gasteiger partial charge in [0.2, 0.25) is 5.91 Å². The standard InChI is InChI=1S/C22H20N6O2/c29-22-10-13-30-20-14-16(4-7-19(20)25-22)24-21-9-8-18(26-27-21)15-2-5-17(6-3-15)28-12-1-11-23-28/h1-8,11-12,14,26H,9-10,13H2,(H,24,27)(H,25,29). The zero-order valence-electron chi connectivity index (χ0n) is 16.1. The van der Waals surface area contributed by atoms with Crippen LogP contribution in [0.25, 0.3) is 11.4 Å². The smallest absolute Gasteiger partial charge is 0.227 e. The Morgan fingerprint density at radius 3 is 2.77 bits per heavy atom. The molecule has 2 aliphatic heterocycles. The topological polar surface area (TPSA) is 92.6 Å². The second-order valence-electron chi connectivity index (χ2n) is 6.96. The molecule has 5 rings (SSSR count). The van der Waals surface area contributed by atoms with E-state index in [-0.39, 0.29) is 5.91 Å². The van der Waals surface area contributed by atoms with Crippen molar-refractivity contribution in [1.82, 2.24) is 20.6 Å². The Bertz CT molecular complexity index is 1130. The number of hydrogen-bond donors (Lipinski definition) is 3. The Morgan fingerprint density at radius 1 is 1.10 bits per heavy atom. The molecule has 150 valence electrons. The molecule has 1 amide bonds. The maximum atomic E-state index is 11.6. The molecule has 0 saturated heterocycles. The van der Waals surface area contributed by atoms with Crippen LogP contribution in [0.5, 0.6) is 5.75 Å². The van der Waals surface area contributed by atoms with Gasteiger partial charge < -0.3 is 10.1 Å². The number of carbonyl (C=O) groups is 1. The van der Waals surface area contributed by atoms with Crippen LogP contribution in [-0.4, -0.2) is 28.1 Å². The van der Waals surface area contributed by atoms with E-state index in [9.17, 15) is 4.79 Å². The molecule has 8 nitrogen and oxygen atoms in total. The van der Waals surface area contributed by atoms with Gasteiger partial charge in [-0.2, -0.15) is 5.10 Å². The molecule has 0 spiro atoms. The van der Waals surface area contributed by atoms with Crippen LogP contribution in [0.15, 0.2) is 72.0 Å². The van der Waals surface area contributed by atoms with Gasteiger partial charge in [0.25, 0.3) is 0 Å². The van der Waals surface area contributed by atoms with Crippen LogP contribution >= 0.6 is 0 Å². The van der Waals surface area contributed by atoms with E-state index >= 15 is 0 Å². The van der Waals surface area contributed by atoms with Crippen molar-refractivity contribution in [3.8, 4) is 11.4 Å². The lowest BCUT2D eigenvalue weighted by Crippen LogP contribution is -2.39. The molecular formula is C22H20N6O2. The van der Waals surface area contributed by atoms with Crippen molar-refractivity contribution in [3.05, 3.63) is 72.6 Å². The Morgan fingerprint density at radius 2 is 2.00 bits per heavy atom. The van der Waals surface area contributed by atoms with Crippen molar-refractivity contribution in [3.63, 3.8) is 0 Å². The molecule has 8 heteroatoms. The number of aromatic nitrogens is 2. The van der Waals surface area contributed by atoms with E-state index in [1.165, 1.54) is 0 Å². The molecule has 3 aromatic rings. The number of rotatable bonds is 3. The summed E-state index contributed by atoms with van der Waals surface area (Å²) in [6.07, 6.45) is 6.78. The summed E-state index contributed by atoms with van der Waals surface area (Å²) in [6, 6.07) is 15.6. The number of hydrogen-bond acceptors (Lipinski definition) is 5. The predicted molar refractivity (Wildman–Crippen MR) is 115 cm³/mol. The van der Waals surface area contributed by atoms with Gasteiger partial charge in [-0.15, -0.1) is 0 Å². The van der Waals surface area contributed by atoms with E-state index in [2.05, 4.69) is 44.5 Å². The summed E-state index contributed by atoms with van der Waals surface area (Å²) in [5.74, 6) is 1.39. The fourth-order valence-electron chi connectivity index (χ4n) is 3.34. The Hall–Kier alpha value is -4.07. The Kier molecular flexibility index (Phi) is 4.65. The number of fused-ring (bicyclic) bond motifs is 1. The van der Waals surface area contributed by atoms with Crippen molar-refractivity contribution in [2.24, 2.45) is 4.99 Å².